The molecular weight excluding hydrogens is 399 g/mol. The molecule has 0 saturated heterocycles. The van der Waals surface area contributed by atoms with Crippen molar-refractivity contribution in [1.29, 1.82) is 0 Å². The number of carboxylic acids is 1. The van der Waals surface area contributed by atoms with Gasteiger partial charge in [0.15, 0.2) is 0 Å². The second-order valence-corrected chi connectivity index (χ2v) is 6.64. The van der Waals surface area contributed by atoms with Gasteiger partial charge in [0.2, 0.25) is 0 Å². The number of thiophene rings is 1. The van der Waals surface area contributed by atoms with E-state index in [2.05, 4.69) is 22.6 Å². The highest BCUT2D eigenvalue weighted by Crippen LogP contribution is 2.32. The van der Waals surface area contributed by atoms with E-state index < -0.39 is 5.97 Å². The maximum Gasteiger partial charge on any atom is 0.346 e. The molecule has 3 rings (SSSR count). The predicted molar refractivity (Wildman–Crippen MR) is 92.3 cm³/mol. The van der Waals surface area contributed by atoms with E-state index in [1.54, 1.807) is 0 Å². The molecule has 1 heterocycles. The third-order valence-corrected chi connectivity index (χ3v) is 5.19. The first-order valence-electron chi connectivity index (χ1n) is 6.28. The molecule has 0 unspecified atom stereocenters. The van der Waals surface area contributed by atoms with Crippen LogP contribution in [-0.2, 0) is 6.61 Å². The summed E-state index contributed by atoms with van der Waals surface area (Å²) in [5.41, 5.74) is 0.739. The third-order valence-electron chi connectivity index (χ3n) is 3.10. The quantitative estimate of drug-likeness (QED) is 0.630. The fraction of sp³-hybridized carbons (Fsp3) is 0.0625. The number of fused-ring (bicyclic) bond motifs is 1. The molecule has 0 aliphatic rings. The molecule has 0 aliphatic heterocycles. The average molecular weight is 410 g/mol. The highest BCUT2D eigenvalue weighted by atomic mass is 127. The van der Waals surface area contributed by atoms with Crippen molar-refractivity contribution in [1.82, 2.24) is 0 Å². The zero-order chi connectivity index (χ0) is 14.8. The van der Waals surface area contributed by atoms with Gasteiger partial charge in [0.1, 0.15) is 17.2 Å². The van der Waals surface area contributed by atoms with Crippen LogP contribution in [0.5, 0.6) is 5.75 Å². The number of aromatic carboxylic acids is 1. The SMILES string of the molecule is O=C(O)c1sc2ccccc2c1COc1ccccc1I. The van der Waals surface area contributed by atoms with Crippen molar-refractivity contribution in [2.45, 2.75) is 6.61 Å². The summed E-state index contributed by atoms with van der Waals surface area (Å²) >= 11 is 3.49. The minimum absolute atomic E-state index is 0.256. The lowest BCUT2D eigenvalue weighted by Crippen LogP contribution is -2.02. The molecule has 0 spiro atoms. The summed E-state index contributed by atoms with van der Waals surface area (Å²) in [5, 5.41) is 10.3. The van der Waals surface area contributed by atoms with Gasteiger partial charge in [0.25, 0.3) is 0 Å². The van der Waals surface area contributed by atoms with E-state index >= 15 is 0 Å². The molecule has 1 N–H and O–H groups in total. The van der Waals surface area contributed by atoms with Crippen LogP contribution in [0.2, 0.25) is 0 Å². The van der Waals surface area contributed by atoms with E-state index in [0.717, 1.165) is 25.0 Å². The Morgan fingerprint density at radius 2 is 1.86 bits per heavy atom. The Morgan fingerprint density at radius 1 is 1.14 bits per heavy atom. The number of ether oxygens (including phenoxy) is 1. The van der Waals surface area contributed by atoms with Gasteiger partial charge in [-0.1, -0.05) is 30.3 Å². The van der Waals surface area contributed by atoms with Crippen LogP contribution in [0.1, 0.15) is 15.2 Å². The molecule has 3 nitrogen and oxygen atoms in total. The Labute approximate surface area is 139 Å². The summed E-state index contributed by atoms with van der Waals surface area (Å²) in [6.07, 6.45) is 0. The zero-order valence-electron chi connectivity index (χ0n) is 10.9. The lowest BCUT2D eigenvalue weighted by atomic mass is 10.1. The topological polar surface area (TPSA) is 46.5 Å². The summed E-state index contributed by atoms with van der Waals surface area (Å²) in [5.74, 6) is -0.137. The van der Waals surface area contributed by atoms with Crippen LogP contribution in [0.3, 0.4) is 0 Å². The normalized spacial score (nSPS) is 10.7. The van der Waals surface area contributed by atoms with E-state index in [9.17, 15) is 9.90 Å². The number of hydrogen-bond acceptors (Lipinski definition) is 3. The lowest BCUT2D eigenvalue weighted by Gasteiger charge is -2.08. The van der Waals surface area contributed by atoms with Gasteiger partial charge in [-0.3, -0.25) is 0 Å². The summed E-state index contributed by atoms with van der Waals surface area (Å²) in [7, 11) is 0. The number of carbonyl (C=O) groups is 1. The fourth-order valence-corrected chi connectivity index (χ4v) is 3.72. The van der Waals surface area contributed by atoms with Crippen molar-refractivity contribution < 1.29 is 14.6 Å². The molecule has 1 aromatic heterocycles. The molecular formula is C16H11IO3S. The van der Waals surface area contributed by atoms with Crippen LogP contribution in [0.4, 0.5) is 0 Å². The number of hydrogen-bond donors (Lipinski definition) is 1. The van der Waals surface area contributed by atoms with Crippen LogP contribution in [0, 0.1) is 3.57 Å². The van der Waals surface area contributed by atoms with Crippen LogP contribution in [0.25, 0.3) is 10.1 Å². The smallest absolute Gasteiger partial charge is 0.346 e. The number of para-hydroxylation sites is 1. The Balaban J connectivity index is 1.98. The molecule has 0 radical (unpaired) electrons. The molecule has 106 valence electrons. The van der Waals surface area contributed by atoms with Crippen LogP contribution < -0.4 is 4.74 Å². The standard InChI is InChI=1S/C16H11IO3S/c17-12-6-2-3-7-13(12)20-9-11-10-5-1-4-8-14(10)21-15(11)16(18)19/h1-8H,9H2,(H,18,19). The van der Waals surface area contributed by atoms with Gasteiger partial charge >= 0.3 is 5.97 Å². The molecule has 2 aromatic carbocycles. The fourth-order valence-electron chi connectivity index (χ4n) is 2.13. The van der Waals surface area contributed by atoms with Crippen LogP contribution in [-0.4, -0.2) is 11.1 Å². The molecule has 0 fully saturated rings. The molecule has 0 aliphatic carbocycles. The average Bonchev–Trinajstić information content (AvgIpc) is 2.85. The van der Waals surface area contributed by atoms with E-state index in [4.69, 9.17) is 4.74 Å². The van der Waals surface area contributed by atoms with E-state index in [1.807, 2.05) is 48.5 Å². The molecule has 0 bridgehead atoms. The summed E-state index contributed by atoms with van der Waals surface area (Å²) in [6, 6.07) is 15.4. The maximum absolute atomic E-state index is 11.4. The van der Waals surface area contributed by atoms with Crippen molar-refractivity contribution in [3.05, 3.63) is 62.5 Å². The summed E-state index contributed by atoms with van der Waals surface area (Å²) in [4.78, 5) is 11.8. The molecule has 0 atom stereocenters. The Morgan fingerprint density at radius 3 is 2.62 bits per heavy atom. The highest BCUT2D eigenvalue weighted by molar-refractivity contribution is 14.1. The number of carboxylic acid groups (broad SMARTS) is 1. The van der Waals surface area contributed by atoms with E-state index in [-0.39, 0.29) is 6.61 Å². The van der Waals surface area contributed by atoms with Crippen molar-refractivity contribution in [3.8, 4) is 5.75 Å². The predicted octanol–water partition coefficient (Wildman–Crippen LogP) is 4.78. The monoisotopic (exact) mass is 410 g/mol. The molecule has 21 heavy (non-hydrogen) atoms. The van der Waals surface area contributed by atoms with Crippen LogP contribution in [0.15, 0.2) is 48.5 Å². The minimum atomic E-state index is -0.905. The van der Waals surface area contributed by atoms with Gasteiger partial charge in [-0.05, 0) is 46.2 Å². The van der Waals surface area contributed by atoms with Crippen molar-refractivity contribution >= 4 is 50.0 Å². The highest BCUT2D eigenvalue weighted by Gasteiger charge is 2.18. The van der Waals surface area contributed by atoms with Crippen molar-refractivity contribution in [2.75, 3.05) is 0 Å². The number of benzene rings is 2. The first kappa shape index (κ1) is 14.3. The zero-order valence-corrected chi connectivity index (χ0v) is 13.8. The van der Waals surface area contributed by atoms with E-state index in [1.165, 1.54) is 11.3 Å². The third kappa shape index (κ3) is 2.89. The van der Waals surface area contributed by atoms with Gasteiger partial charge in [-0.25, -0.2) is 4.79 Å². The van der Waals surface area contributed by atoms with Gasteiger partial charge in [-0.15, -0.1) is 11.3 Å². The number of halogens is 1. The number of rotatable bonds is 4. The van der Waals surface area contributed by atoms with Gasteiger partial charge in [0.05, 0.1) is 3.57 Å². The van der Waals surface area contributed by atoms with Gasteiger partial charge in [-0.2, -0.15) is 0 Å². The lowest BCUT2D eigenvalue weighted by molar-refractivity contribution is 0.0699. The largest absolute Gasteiger partial charge is 0.488 e. The maximum atomic E-state index is 11.4. The van der Waals surface area contributed by atoms with Crippen molar-refractivity contribution in [3.63, 3.8) is 0 Å². The minimum Gasteiger partial charge on any atom is -0.488 e. The van der Waals surface area contributed by atoms with Crippen molar-refractivity contribution in [2.24, 2.45) is 0 Å². The second kappa shape index (κ2) is 6.03. The Bertz CT molecular complexity index is 810. The molecule has 0 amide bonds. The van der Waals surface area contributed by atoms with Crippen LogP contribution >= 0.6 is 33.9 Å². The summed E-state index contributed by atoms with van der Waals surface area (Å²) in [6.45, 7) is 0.256. The first-order valence-corrected chi connectivity index (χ1v) is 8.17. The summed E-state index contributed by atoms with van der Waals surface area (Å²) < 4.78 is 7.79. The van der Waals surface area contributed by atoms with E-state index in [0.29, 0.717) is 4.88 Å². The molecule has 3 aromatic rings. The Kier molecular flexibility index (Phi) is 4.12. The molecule has 5 heteroatoms. The van der Waals surface area contributed by atoms with Gasteiger partial charge < -0.3 is 9.84 Å². The Hall–Kier alpha value is -1.60. The molecule has 0 saturated carbocycles. The second-order valence-electron chi connectivity index (χ2n) is 4.43. The van der Waals surface area contributed by atoms with Gasteiger partial charge in [0, 0.05) is 10.3 Å². The first-order chi connectivity index (χ1) is 10.2.